The van der Waals surface area contributed by atoms with E-state index in [9.17, 15) is 14.9 Å². The Kier molecular flexibility index (Phi) is 5.14. The summed E-state index contributed by atoms with van der Waals surface area (Å²) in [6, 6.07) is 4.15. The topological polar surface area (TPSA) is 76.7 Å². The van der Waals surface area contributed by atoms with Crippen LogP contribution in [-0.2, 0) is 4.79 Å². The number of halogens is 1. The fourth-order valence-corrected chi connectivity index (χ4v) is 2.92. The van der Waals surface area contributed by atoms with E-state index >= 15 is 0 Å². The van der Waals surface area contributed by atoms with E-state index in [1.807, 2.05) is 0 Å². The monoisotopic (exact) mass is 312 g/mol. The average molecular weight is 313 g/mol. The number of nitrogens with zero attached hydrogens (tertiary/aromatic N) is 1. The maximum atomic E-state index is 12.1. The van der Waals surface area contributed by atoms with E-state index < -0.39 is 4.92 Å². The summed E-state index contributed by atoms with van der Waals surface area (Å²) >= 11 is 5.84. The molecule has 2 atom stereocenters. The second-order valence-electron chi connectivity index (χ2n) is 5.60. The minimum Gasteiger partial charge on any atom is -0.327 e. The Bertz CT molecular complexity index is 550. The smallest absolute Gasteiger partial charge is 0.292 e. The number of piperidine rings is 1. The molecule has 6 nitrogen and oxygen atoms in total. The summed E-state index contributed by atoms with van der Waals surface area (Å²) in [6.45, 7) is 4.44. The van der Waals surface area contributed by atoms with Gasteiger partial charge in [0.1, 0.15) is 5.69 Å². The molecule has 0 radical (unpaired) electrons. The minimum atomic E-state index is -0.526. The summed E-state index contributed by atoms with van der Waals surface area (Å²) in [7, 11) is 0. The molecule has 1 aliphatic rings. The summed E-state index contributed by atoms with van der Waals surface area (Å²) in [6.07, 6.45) is 2.31. The summed E-state index contributed by atoms with van der Waals surface area (Å²) in [5.41, 5.74) is 0.0109. The molecule has 0 bridgehead atoms. The van der Waals surface area contributed by atoms with E-state index in [2.05, 4.69) is 12.2 Å². The van der Waals surface area contributed by atoms with Gasteiger partial charge in [0.2, 0.25) is 0 Å². The SMILES string of the molecule is C[C@@H]1CCC[NH+](CC(=O)Nc2cc(Cl)ccc2[N+](=O)[O-])C1. The van der Waals surface area contributed by atoms with Gasteiger partial charge >= 0.3 is 0 Å². The Hall–Kier alpha value is -1.66. The van der Waals surface area contributed by atoms with Crippen LogP contribution in [-0.4, -0.2) is 30.5 Å². The number of anilines is 1. The van der Waals surface area contributed by atoms with Crippen molar-refractivity contribution >= 4 is 28.9 Å². The molecule has 1 fully saturated rings. The van der Waals surface area contributed by atoms with Crippen molar-refractivity contribution in [1.29, 1.82) is 0 Å². The van der Waals surface area contributed by atoms with Crippen molar-refractivity contribution in [3.8, 4) is 0 Å². The second-order valence-corrected chi connectivity index (χ2v) is 6.03. The zero-order chi connectivity index (χ0) is 15.4. The first-order chi connectivity index (χ1) is 9.95. The highest BCUT2D eigenvalue weighted by molar-refractivity contribution is 6.31. The molecule has 1 heterocycles. The maximum absolute atomic E-state index is 12.1. The number of benzene rings is 1. The molecule has 2 N–H and O–H groups in total. The van der Waals surface area contributed by atoms with Gasteiger partial charge < -0.3 is 10.2 Å². The lowest BCUT2D eigenvalue weighted by Gasteiger charge is -2.27. The van der Waals surface area contributed by atoms with E-state index in [4.69, 9.17) is 11.6 Å². The fourth-order valence-electron chi connectivity index (χ4n) is 2.75. The van der Waals surface area contributed by atoms with Crippen LogP contribution in [0.5, 0.6) is 0 Å². The number of carbonyl (C=O) groups excluding carboxylic acids is 1. The highest BCUT2D eigenvalue weighted by Crippen LogP contribution is 2.27. The van der Waals surface area contributed by atoms with E-state index in [1.165, 1.54) is 29.5 Å². The van der Waals surface area contributed by atoms with Crippen LogP contribution in [0.25, 0.3) is 0 Å². The van der Waals surface area contributed by atoms with Gasteiger partial charge in [-0.2, -0.15) is 0 Å². The first kappa shape index (κ1) is 15.7. The molecule has 0 spiro atoms. The van der Waals surface area contributed by atoms with Crippen molar-refractivity contribution in [2.24, 2.45) is 5.92 Å². The zero-order valence-electron chi connectivity index (χ0n) is 11.9. The molecule has 7 heteroatoms. The van der Waals surface area contributed by atoms with Crippen LogP contribution >= 0.6 is 11.6 Å². The fraction of sp³-hybridized carbons (Fsp3) is 0.500. The van der Waals surface area contributed by atoms with Gasteiger partial charge in [-0.1, -0.05) is 18.5 Å². The third-order valence-electron chi connectivity index (χ3n) is 3.70. The number of nitro groups is 1. The Balaban J connectivity index is 2.02. The normalized spacial score (nSPS) is 21.8. The van der Waals surface area contributed by atoms with Gasteiger partial charge in [0.05, 0.1) is 18.0 Å². The van der Waals surface area contributed by atoms with Crippen molar-refractivity contribution in [2.75, 3.05) is 25.0 Å². The number of carbonyl (C=O) groups is 1. The van der Waals surface area contributed by atoms with E-state index in [0.717, 1.165) is 19.5 Å². The van der Waals surface area contributed by atoms with Crippen molar-refractivity contribution in [2.45, 2.75) is 19.8 Å². The Morgan fingerprint density at radius 1 is 1.57 bits per heavy atom. The average Bonchev–Trinajstić information content (AvgIpc) is 2.38. The third-order valence-corrected chi connectivity index (χ3v) is 3.94. The molecule has 2 rings (SSSR count). The van der Waals surface area contributed by atoms with Gasteiger partial charge in [-0.15, -0.1) is 0 Å². The Morgan fingerprint density at radius 3 is 3.00 bits per heavy atom. The molecule has 1 aliphatic heterocycles. The number of hydrogen-bond donors (Lipinski definition) is 2. The molecular weight excluding hydrogens is 294 g/mol. The third kappa shape index (κ3) is 4.41. The van der Waals surface area contributed by atoms with Crippen LogP contribution in [0.4, 0.5) is 11.4 Å². The molecule has 0 aliphatic carbocycles. The van der Waals surface area contributed by atoms with Crippen LogP contribution in [0.3, 0.4) is 0 Å². The number of quaternary nitrogens is 1. The van der Waals surface area contributed by atoms with Gasteiger partial charge in [0.15, 0.2) is 6.54 Å². The summed E-state index contributed by atoms with van der Waals surface area (Å²) < 4.78 is 0. The summed E-state index contributed by atoms with van der Waals surface area (Å²) in [5.74, 6) is 0.395. The van der Waals surface area contributed by atoms with Crippen LogP contribution in [0, 0.1) is 16.0 Å². The summed E-state index contributed by atoms with van der Waals surface area (Å²) in [5, 5.41) is 13.9. The van der Waals surface area contributed by atoms with Gasteiger partial charge in [0, 0.05) is 17.0 Å². The minimum absolute atomic E-state index is 0.144. The number of nitro benzene ring substituents is 1. The number of likely N-dealkylation sites (tertiary alicyclic amines) is 1. The number of rotatable bonds is 4. The number of nitrogens with one attached hydrogen (secondary N) is 2. The Morgan fingerprint density at radius 2 is 2.33 bits per heavy atom. The highest BCUT2D eigenvalue weighted by Gasteiger charge is 2.23. The van der Waals surface area contributed by atoms with Crippen molar-refractivity contribution in [1.82, 2.24) is 0 Å². The molecule has 21 heavy (non-hydrogen) atoms. The van der Waals surface area contributed by atoms with E-state index in [-0.39, 0.29) is 17.3 Å². The van der Waals surface area contributed by atoms with Crippen LogP contribution < -0.4 is 10.2 Å². The lowest BCUT2D eigenvalue weighted by molar-refractivity contribution is -0.900. The number of hydrogen-bond acceptors (Lipinski definition) is 3. The van der Waals surface area contributed by atoms with Crippen molar-refractivity contribution in [3.63, 3.8) is 0 Å². The first-order valence-electron chi connectivity index (χ1n) is 7.03. The molecule has 0 saturated carbocycles. The number of amides is 1. The van der Waals surface area contributed by atoms with Gasteiger partial charge in [-0.25, -0.2) is 0 Å². The molecule has 114 valence electrons. The summed E-state index contributed by atoms with van der Waals surface area (Å²) in [4.78, 5) is 23.7. The molecule has 1 unspecified atom stereocenters. The molecule has 0 aromatic heterocycles. The van der Waals surface area contributed by atoms with Crippen LogP contribution in [0.1, 0.15) is 19.8 Å². The standard InChI is InChI=1S/C14H18ClN3O3/c1-10-3-2-6-17(8-10)9-14(19)16-12-7-11(15)4-5-13(12)18(20)21/h4-5,7,10H,2-3,6,8-9H2,1H3,(H,16,19)/p+1/t10-/m1/s1. The van der Waals surface area contributed by atoms with Gasteiger partial charge in [0.25, 0.3) is 11.6 Å². The predicted molar refractivity (Wildman–Crippen MR) is 80.7 cm³/mol. The van der Waals surface area contributed by atoms with Gasteiger partial charge in [-0.05, 0) is 25.0 Å². The first-order valence-corrected chi connectivity index (χ1v) is 7.41. The molecule has 1 aromatic carbocycles. The maximum Gasteiger partial charge on any atom is 0.292 e. The quantitative estimate of drug-likeness (QED) is 0.653. The predicted octanol–water partition coefficient (Wildman–Crippen LogP) is 1.50. The lowest BCUT2D eigenvalue weighted by atomic mass is 10.0. The van der Waals surface area contributed by atoms with E-state index in [0.29, 0.717) is 17.5 Å². The highest BCUT2D eigenvalue weighted by atomic mass is 35.5. The molecule has 1 amide bonds. The van der Waals surface area contributed by atoms with Crippen molar-refractivity contribution < 1.29 is 14.6 Å². The molecular formula is C14H19ClN3O3+. The van der Waals surface area contributed by atoms with Gasteiger partial charge in [-0.3, -0.25) is 14.9 Å². The largest absolute Gasteiger partial charge is 0.327 e. The van der Waals surface area contributed by atoms with Crippen LogP contribution in [0.2, 0.25) is 5.02 Å². The molecule has 1 saturated heterocycles. The second kappa shape index (κ2) is 6.87. The van der Waals surface area contributed by atoms with Crippen LogP contribution in [0.15, 0.2) is 18.2 Å². The Labute approximate surface area is 128 Å². The molecule has 1 aromatic rings. The zero-order valence-corrected chi connectivity index (χ0v) is 12.7. The lowest BCUT2D eigenvalue weighted by Crippen LogP contribution is -3.14. The van der Waals surface area contributed by atoms with E-state index in [1.54, 1.807) is 0 Å². The van der Waals surface area contributed by atoms with Crippen molar-refractivity contribution in [3.05, 3.63) is 33.3 Å².